The summed E-state index contributed by atoms with van der Waals surface area (Å²) in [5.74, 6) is 2.12. The molecule has 0 aliphatic carbocycles. The zero-order valence-corrected chi connectivity index (χ0v) is 8.44. The van der Waals surface area contributed by atoms with Crippen LogP contribution in [0, 0.1) is 12.3 Å². The lowest BCUT2D eigenvalue weighted by Crippen LogP contribution is -2.42. The highest BCUT2D eigenvalue weighted by atomic mass is 16.2. The topological polar surface area (TPSA) is 55.1 Å². The van der Waals surface area contributed by atoms with E-state index in [2.05, 4.69) is 11.2 Å². The summed E-state index contributed by atoms with van der Waals surface area (Å²) >= 11 is 0. The number of carbonyl (C=O) groups excluding carboxylic acids is 1. The number of amides is 1. The lowest BCUT2D eigenvalue weighted by atomic mass is 10.1. The Hall–Kier alpha value is -1.79. The molecule has 1 atom stereocenters. The second kappa shape index (κ2) is 5.84. The zero-order chi connectivity index (χ0) is 11.1. The fraction of sp³-hybridized carbons (Fsp3) is 0.250. The number of nitrogens with one attached hydrogen (secondary N) is 1. The number of hydrogen-bond acceptors (Lipinski definition) is 2. The first-order valence-electron chi connectivity index (χ1n) is 4.74. The maximum absolute atomic E-state index is 11.4. The van der Waals surface area contributed by atoms with Crippen LogP contribution in [0.4, 0.5) is 0 Å². The van der Waals surface area contributed by atoms with Gasteiger partial charge in [-0.05, 0) is 12.0 Å². The molecule has 15 heavy (non-hydrogen) atoms. The summed E-state index contributed by atoms with van der Waals surface area (Å²) in [6.45, 7) is 0.224. The molecule has 0 saturated heterocycles. The Morgan fingerprint density at radius 2 is 2.13 bits per heavy atom. The van der Waals surface area contributed by atoms with Gasteiger partial charge in [-0.25, -0.2) is 0 Å². The minimum absolute atomic E-state index is 0.211. The van der Waals surface area contributed by atoms with Crippen molar-refractivity contribution in [1.82, 2.24) is 5.32 Å². The Labute approximate surface area is 89.7 Å². The number of terminal acetylenes is 1. The zero-order valence-electron chi connectivity index (χ0n) is 8.44. The van der Waals surface area contributed by atoms with E-state index in [4.69, 9.17) is 12.2 Å². The maximum atomic E-state index is 11.4. The van der Waals surface area contributed by atoms with E-state index in [0.29, 0.717) is 6.42 Å². The first-order chi connectivity index (χ1) is 7.24. The third kappa shape index (κ3) is 3.84. The fourth-order valence-corrected chi connectivity index (χ4v) is 1.23. The van der Waals surface area contributed by atoms with E-state index in [1.165, 1.54) is 0 Å². The Balaban J connectivity index is 2.46. The summed E-state index contributed by atoms with van der Waals surface area (Å²) < 4.78 is 0. The van der Waals surface area contributed by atoms with Crippen molar-refractivity contribution >= 4 is 5.91 Å². The van der Waals surface area contributed by atoms with Gasteiger partial charge >= 0.3 is 0 Å². The molecule has 3 N–H and O–H groups in total. The highest BCUT2D eigenvalue weighted by molar-refractivity contribution is 5.82. The first kappa shape index (κ1) is 11.3. The molecule has 0 saturated carbocycles. The van der Waals surface area contributed by atoms with Gasteiger partial charge in [0.2, 0.25) is 5.91 Å². The van der Waals surface area contributed by atoms with Crippen molar-refractivity contribution in [3.8, 4) is 12.3 Å². The predicted molar refractivity (Wildman–Crippen MR) is 60.0 cm³/mol. The van der Waals surface area contributed by atoms with Crippen LogP contribution in [0.15, 0.2) is 30.3 Å². The van der Waals surface area contributed by atoms with Gasteiger partial charge in [0, 0.05) is 0 Å². The molecule has 0 aromatic heterocycles. The van der Waals surface area contributed by atoms with Gasteiger partial charge in [-0.2, -0.15) is 0 Å². The summed E-state index contributed by atoms with van der Waals surface area (Å²) in [7, 11) is 0. The summed E-state index contributed by atoms with van der Waals surface area (Å²) in [6.07, 6.45) is 5.55. The van der Waals surface area contributed by atoms with E-state index < -0.39 is 6.04 Å². The minimum Gasteiger partial charge on any atom is -0.344 e. The quantitative estimate of drug-likeness (QED) is 0.690. The molecule has 1 rings (SSSR count). The van der Waals surface area contributed by atoms with Crippen molar-refractivity contribution in [1.29, 1.82) is 0 Å². The van der Waals surface area contributed by atoms with Gasteiger partial charge < -0.3 is 11.1 Å². The molecule has 1 aromatic carbocycles. The molecule has 0 aliphatic heterocycles. The number of benzene rings is 1. The largest absolute Gasteiger partial charge is 0.344 e. The van der Waals surface area contributed by atoms with Crippen LogP contribution in [-0.4, -0.2) is 18.5 Å². The van der Waals surface area contributed by atoms with E-state index in [1.807, 2.05) is 30.3 Å². The molecule has 0 unspecified atom stereocenters. The summed E-state index contributed by atoms with van der Waals surface area (Å²) in [6, 6.07) is 9.10. The second-order valence-electron chi connectivity index (χ2n) is 3.22. The molecule has 1 aromatic rings. The standard InChI is InChI=1S/C12H14N2O/c1-2-8-14-12(15)11(13)9-10-6-4-3-5-7-10/h1,3-7,11H,8-9,13H2,(H,14,15)/t11-/m0/s1. The van der Waals surface area contributed by atoms with Crippen LogP contribution >= 0.6 is 0 Å². The average Bonchev–Trinajstić information content (AvgIpc) is 2.27. The number of nitrogens with two attached hydrogens (primary N) is 1. The van der Waals surface area contributed by atoms with Crippen molar-refractivity contribution in [3.05, 3.63) is 35.9 Å². The van der Waals surface area contributed by atoms with Crippen LogP contribution in [-0.2, 0) is 11.2 Å². The SMILES string of the molecule is C#CCNC(=O)[C@@H](N)Cc1ccccc1. The molecule has 0 radical (unpaired) electrons. The highest BCUT2D eigenvalue weighted by Crippen LogP contribution is 2.01. The first-order valence-corrected chi connectivity index (χ1v) is 4.74. The maximum Gasteiger partial charge on any atom is 0.238 e. The van der Waals surface area contributed by atoms with Crippen LogP contribution in [0.2, 0.25) is 0 Å². The van der Waals surface area contributed by atoms with Crippen LogP contribution in [0.5, 0.6) is 0 Å². The molecule has 0 spiro atoms. The Morgan fingerprint density at radius 3 is 2.73 bits per heavy atom. The molecule has 0 fully saturated rings. The third-order valence-corrected chi connectivity index (χ3v) is 2.00. The van der Waals surface area contributed by atoms with E-state index in [9.17, 15) is 4.79 Å². The molecule has 1 amide bonds. The van der Waals surface area contributed by atoms with Gasteiger partial charge in [-0.1, -0.05) is 36.3 Å². The van der Waals surface area contributed by atoms with Gasteiger partial charge in [0.1, 0.15) is 0 Å². The Morgan fingerprint density at radius 1 is 1.47 bits per heavy atom. The molecule has 0 heterocycles. The predicted octanol–water partition coefficient (Wildman–Crippen LogP) is 0.306. The average molecular weight is 202 g/mol. The third-order valence-electron chi connectivity index (χ3n) is 2.00. The van der Waals surface area contributed by atoms with E-state index in [1.54, 1.807) is 0 Å². The fourth-order valence-electron chi connectivity index (χ4n) is 1.23. The molecule has 0 aliphatic rings. The van der Waals surface area contributed by atoms with E-state index >= 15 is 0 Å². The van der Waals surface area contributed by atoms with Gasteiger partial charge in [-0.3, -0.25) is 4.79 Å². The Bertz CT molecular complexity index is 354. The van der Waals surface area contributed by atoms with Crippen molar-refractivity contribution in [2.45, 2.75) is 12.5 Å². The highest BCUT2D eigenvalue weighted by Gasteiger charge is 2.12. The van der Waals surface area contributed by atoms with Crippen molar-refractivity contribution in [2.75, 3.05) is 6.54 Å². The van der Waals surface area contributed by atoms with Crippen LogP contribution in [0.25, 0.3) is 0 Å². The number of hydrogen-bond donors (Lipinski definition) is 2. The number of carbonyl (C=O) groups is 1. The van der Waals surface area contributed by atoms with Crippen molar-refractivity contribution in [3.63, 3.8) is 0 Å². The van der Waals surface area contributed by atoms with Gasteiger partial charge in [0.15, 0.2) is 0 Å². The smallest absolute Gasteiger partial charge is 0.238 e. The summed E-state index contributed by atoms with van der Waals surface area (Å²) in [5.41, 5.74) is 6.75. The molecule has 3 nitrogen and oxygen atoms in total. The van der Waals surface area contributed by atoms with Gasteiger partial charge in [0.25, 0.3) is 0 Å². The minimum atomic E-state index is -0.541. The summed E-state index contributed by atoms with van der Waals surface area (Å²) in [5, 5.41) is 2.55. The van der Waals surface area contributed by atoms with Crippen LogP contribution in [0.1, 0.15) is 5.56 Å². The van der Waals surface area contributed by atoms with Crippen LogP contribution < -0.4 is 11.1 Å². The molecule has 3 heteroatoms. The van der Waals surface area contributed by atoms with Gasteiger partial charge in [-0.15, -0.1) is 6.42 Å². The summed E-state index contributed by atoms with van der Waals surface area (Å²) in [4.78, 5) is 11.4. The van der Waals surface area contributed by atoms with E-state index in [-0.39, 0.29) is 12.5 Å². The lowest BCUT2D eigenvalue weighted by Gasteiger charge is -2.10. The molecule has 0 bridgehead atoms. The molecule has 78 valence electrons. The monoisotopic (exact) mass is 202 g/mol. The lowest BCUT2D eigenvalue weighted by molar-refractivity contribution is -0.122. The Kier molecular flexibility index (Phi) is 4.39. The van der Waals surface area contributed by atoms with Gasteiger partial charge in [0.05, 0.1) is 12.6 Å². The second-order valence-corrected chi connectivity index (χ2v) is 3.22. The number of rotatable bonds is 4. The van der Waals surface area contributed by atoms with E-state index in [0.717, 1.165) is 5.56 Å². The molecular weight excluding hydrogens is 188 g/mol. The van der Waals surface area contributed by atoms with Crippen LogP contribution in [0.3, 0.4) is 0 Å². The normalized spacial score (nSPS) is 11.5. The van der Waals surface area contributed by atoms with Crippen molar-refractivity contribution in [2.24, 2.45) is 5.73 Å². The molecular formula is C12H14N2O. The van der Waals surface area contributed by atoms with Crippen molar-refractivity contribution < 1.29 is 4.79 Å².